The molecule has 160 valence electrons. The largest absolute Gasteiger partial charge is 0.465 e. The van der Waals surface area contributed by atoms with Crippen LogP contribution in [0.25, 0.3) is 0 Å². The molecule has 1 N–H and O–H groups in total. The molecule has 1 amide bonds. The predicted octanol–water partition coefficient (Wildman–Crippen LogP) is 2.44. The fourth-order valence-electron chi connectivity index (χ4n) is 2.47. The third-order valence-corrected chi connectivity index (χ3v) is 6.08. The lowest BCUT2D eigenvalue weighted by Crippen LogP contribution is -2.22. The lowest BCUT2D eigenvalue weighted by atomic mass is 10.1. The summed E-state index contributed by atoms with van der Waals surface area (Å²) in [6.45, 7) is 3.13. The summed E-state index contributed by atoms with van der Waals surface area (Å²) in [7, 11) is -2.37. The molecule has 0 spiro atoms. The molecule has 0 aliphatic carbocycles. The van der Waals surface area contributed by atoms with E-state index in [2.05, 4.69) is 10.1 Å². The van der Waals surface area contributed by atoms with Crippen LogP contribution in [0.4, 0.5) is 5.69 Å². The van der Waals surface area contributed by atoms with Gasteiger partial charge in [-0.05, 0) is 61.4 Å². The molecule has 2 aromatic carbocycles. The van der Waals surface area contributed by atoms with Gasteiger partial charge in [0.15, 0.2) is 16.4 Å². The van der Waals surface area contributed by atoms with Crippen LogP contribution in [0, 0.1) is 13.8 Å². The van der Waals surface area contributed by atoms with Gasteiger partial charge in [0.1, 0.15) is 0 Å². The standard InChI is InChI=1S/C21H23NO7S/c1-14-4-9-18(12-15(14)2)30(26,27)11-10-20(24)29-13-19(23)22-17-7-5-16(6-8-17)21(25)28-3/h4-9,12H,10-11,13H2,1-3H3,(H,22,23). The van der Waals surface area contributed by atoms with E-state index in [4.69, 9.17) is 4.74 Å². The second-order valence-corrected chi connectivity index (χ2v) is 8.70. The molecule has 8 nitrogen and oxygen atoms in total. The number of nitrogens with one attached hydrogen (secondary N) is 1. The molecule has 0 aromatic heterocycles. The Morgan fingerprint density at radius 2 is 1.63 bits per heavy atom. The molecular formula is C21H23NO7S. The summed E-state index contributed by atoms with van der Waals surface area (Å²) in [5, 5.41) is 2.50. The number of ether oxygens (including phenoxy) is 2. The molecule has 0 atom stereocenters. The molecule has 0 unspecified atom stereocenters. The first-order valence-electron chi connectivity index (χ1n) is 9.06. The maximum atomic E-state index is 12.4. The van der Waals surface area contributed by atoms with Gasteiger partial charge in [0, 0.05) is 5.69 Å². The minimum atomic E-state index is -3.63. The van der Waals surface area contributed by atoms with E-state index in [-0.39, 0.29) is 11.3 Å². The minimum absolute atomic E-state index is 0.145. The van der Waals surface area contributed by atoms with Crippen LogP contribution in [0.3, 0.4) is 0 Å². The average Bonchev–Trinajstić information content (AvgIpc) is 2.72. The Morgan fingerprint density at radius 1 is 0.967 bits per heavy atom. The number of hydrogen-bond donors (Lipinski definition) is 1. The molecule has 2 aromatic rings. The average molecular weight is 433 g/mol. The molecule has 0 aliphatic heterocycles. The van der Waals surface area contributed by atoms with Gasteiger partial charge < -0.3 is 14.8 Å². The Bertz CT molecular complexity index is 1040. The number of amides is 1. The lowest BCUT2D eigenvalue weighted by molar-refractivity contribution is -0.146. The van der Waals surface area contributed by atoms with Crippen molar-refractivity contribution in [1.82, 2.24) is 0 Å². The number of sulfone groups is 1. The van der Waals surface area contributed by atoms with Crippen LogP contribution in [-0.4, -0.2) is 45.7 Å². The van der Waals surface area contributed by atoms with Gasteiger partial charge in [0.05, 0.1) is 29.7 Å². The topological polar surface area (TPSA) is 116 Å². The summed E-state index contributed by atoms with van der Waals surface area (Å²) in [6, 6.07) is 10.7. The van der Waals surface area contributed by atoms with Crippen LogP contribution in [0.5, 0.6) is 0 Å². The van der Waals surface area contributed by atoms with Crippen LogP contribution in [-0.2, 0) is 28.9 Å². The van der Waals surface area contributed by atoms with Crippen LogP contribution < -0.4 is 5.32 Å². The van der Waals surface area contributed by atoms with E-state index in [0.717, 1.165) is 11.1 Å². The maximum Gasteiger partial charge on any atom is 0.337 e. The number of carbonyl (C=O) groups is 3. The molecular weight excluding hydrogens is 410 g/mol. The van der Waals surface area contributed by atoms with Crippen molar-refractivity contribution in [3.63, 3.8) is 0 Å². The zero-order valence-electron chi connectivity index (χ0n) is 16.9. The zero-order valence-corrected chi connectivity index (χ0v) is 17.7. The molecule has 0 aliphatic rings. The Labute approximate surface area is 175 Å². The summed E-state index contributed by atoms with van der Waals surface area (Å²) in [4.78, 5) is 35.2. The quantitative estimate of drug-likeness (QED) is 0.636. The third-order valence-electron chi connectivity index (χ3n) is 4.37. The fraction of sp³-hybridized carbons (Fsp3) is 0.286. The SMILES string of the molecule is COC(=O)c1ccc(NC(=O)COC(=O)CCS(=O)(=O)c2ccc(C)c(C)c2)cc1. The van der Waals surface area contributed by atoms with Crippen molar-refractivity contribution >= 4 is 33.4 Å². The van der Waals surface area contributed by atoms with Gasteiger partial charge in [-0.2, -0.15) is 0 Å². The number of hydrogen-bond acceptors (Lipinski definition) is 7. The summed E-state index contributed by atoms with van der Waals surface area (Å²) < 4.78 is 34.1. The molecule has 2 rings (SSSR count). The van der Waals surface area contributed by atoms with Gasteiger partial charge in [-0.15, -0.1) is 0 Å². The highest BCUT2D eigenvalue weighted by atomic mass is 32.2. The Balaban J connectivity index is 1.81. The molecule has 0 saturated carbocycles. The molecule has 0 fully saturated rings. The van der Waals surface area contributed by atoms with E-state index in [1.165, 1.54) is 37.4 Å². The van der Waals surface area contributed by atoms with Gasteiger partial charge in [-0.3, -0.25) is 9.59 Å². The van der Waals surface area contributed by atoms with Gasteiger partial charge in [-0.1, -0.05) is 6.07 Å². The van der Waals surface area contributed by atoms with Crippen LogP contribution in [0.1, 0.15) is 27.9 Å². The second kappa shape index (κ2) is 10.0. The second-order valence-electron chi connectivity index (χ2n) is 6.59. The van der Waals surface area contributed by atoms with Gasteiger partial charge in [0.25, 0.3) is 5.91 Å². The van der Waals surface area contributed by atoms with Crippen molar-refractivity contribution in [2.24, 2.45) is 0 Å². The highest BCUT2D eigenvalue weighted by Gasteiger charge is 2.18. The first kappa shape index (κ1) is 23.1. The zero-order chi connectivity index (χ0) is 22.3. The van der Waals surface area contributed by atoms with Crippen molar-refractivity contribution in [2.45, 2.75) is 25.2 Å². The van der Waals surface area contributed by atoms with E-state index >= 15 is 0 Å². The fourth-order valence-corrected chi connectivity index (χ4v) is 3.77. The number of rotatable bonds is 8. The van der Waals surface area contributed by atoms with E-state index in [0.29, 0.717) is 11.3 Å². The Morgan fingerprint density at radius 3 is 2.23 bits per heavy atom. The molecule has 9 heteroatoms. The summed E-state index contributed by atoms with van der Waals surface area (Å²) in [5.74, 6) is -2.30. The summed E-state index contributed by atoms with van der Waals surface area (Å²) in [6.07, 6.45) is -0.365. The number of benzene rings is 2. The summed E-state index contributed by atoms with van der Waals surface area (Å²) >= 11 is 0. The van der Waals surface area contributed by atoms with E-state index in [1.807, 2.05) is 13.8 Å². The van der Waals surface area contributed by atoms with Crippen molar-refractivity contribution < 1.29 is 32.3 Å². The normalized spacial score (nSPS) is 10.9. The molecule has 0 bridgehead atoms. The van der Waals surface area contributed by atoms with E-state index in [9.17, 15) is 22.8 Å². The first-order valence-corrected chi connectivity index (χ1v) is 10.7. The minimum Gasteiger partial charge on any atom is -0.465 e. The van der Waals surface area contributed by atoms with Crippen molar-refractivity contribution in [1.29, 1.82) is 0 Å². The highest BCUT2D eigenvalue weighted by Crippen LogP contribution is 2.17. The number of carbonyl (C=O) groups excluding carboxylic acids is 3. The first-order chi connectivity index (χ1) is 14.1. The lowest BCUT2D eigenvalue weighted by Gasteiger charge is -2.08. The van der Waals surface area contributed by atoms with Crippen molar-refractivity contribution in [3.8, 4) is 0 Å². The smallest absolute Gasteiger partial charge is 0.337 e. The van der Waals surface area contributed by atoms with Gasteiger partial charge in [0.2, 0.25) is 0 Å². The third kappa shape index (κ3) is 6.41. The monoisotopic (exact) mass is 433 g/mol. The molecule has 30 heavy (non-hydrogen) atoms. The Kier molecular flexibility index (Phi) is 7.71. The van der Waals surface area contributed by atoms with E-state index < -0.39 is 40.0 Å². The van der Waals surface area contributed by atoms with Crippen LogP contribution in [0.15, 0.2) is 47.4 Å². The molecule has 0 radical (unpaired) electrons. The highest BCUT2D eigenvalue weighted by molar-refractivity contribution is 7.91. The van der Waals surface area contributed by atoms with Crippen LogP contribution in [0.2, 0.25) is 0 Å². The predicted molar refractivity (Wildman–Crippen MR) is 110 cm³/mol. The van der Waals surface area contributed by atoms with Gasteiger partial charge in [-0.25, -0.2) is 13.2 Å². The van der Waals surface area contributed by atoms with E-state index in [1.54, 1.807) is 12.1 Å². The number of anilines is 1. The maximum absolute atomic E-state index is 12.4. The van der Waals surface area contributed by atoms with Crippen LogP contribution >= 0.6 is 0 Å². The molecule has 0 saturated heterocycles. The summed E-state index contributed by atoms with van der Waals surface area (Å²) in [5.41, 5.74) is 2.54. The number of esters is 2. The van der Waals surface area contributed by atoms with Crippen molar-refractivity contribution in [3.05, 3.63) is 59.2 Å². The Hall–Kier alpha value is -3.20. The van der Waals surface area contributed by atoms with Crippen molar-refractivity contribution in [2.75, 3.05) is 24.8 Å². The molecule has 0 heterocycles. The van der Waals surface area contributed by atoms with Gasteiger partial charge >= 0.3 is 11.9 Å². The number of methoxy groups -OCH3 is 1. The number of aryl methyl sites for hydroxylation is 2.